The van der Waals surface area contributed by atoms with Crippen molar-refractivity contribution >= 4 is 24.8 Å². The number of phenolic OH excluding ortho intramolecular Hbond substituents is 1. The van der Waals surface area contributed by atoms with Crippen molar-refractivity contribution in [1.29, 1.82) is 0 Å². The second-order valence-electron chi connectivity index (χ2n) is 6.63. The smallest absolute Gasteiger partial charge is 0.151 e. The number of aromatic nitrogens is 3. The Morgan fingerprint density at radius 1 is 1.07 bits per heavy atom. The Bertz CT molecular complexity index is 1090. The fraction of sp³-hybridized carbons (Fsp3) is 0.143. The highest BCUT2D eigenvalue weighted by molar-refractivity contribution is 6.36. The molecule has 6 heteroatoms. The number of fused-ring (bicyclic) bond motifs is 1. The largest absolute Gasteiger partial charge is 0.507 e. The fourth-order valence-corrected chi connectivity index (χ4v) is 3.11. The second kappa shape index (κ2) is 7.15. The molecule has 0 aliphatic rings. The maximum atomic E-state index is 10.2. The number of hydrogen-bond acceptors (Lipinski definition) is 4. The van der Waals surface area contributed by atoms with Gasteiger partial charge in [0.1, 0.15) is 19.4 Å². The van der Waals surface area contributed by atoms with Crippen molar-refractivity contribution in [2.45, 2.75) is 19.9 Å². The Balaban J connectivity index is 1.71. The summed E-state index contributed by atoms with van der Waals surface area (Å²) in [5, 5.41) is 18.1. The zero-order chi connectivity index (χ0) is 18.8. The van der Waals surface area contributed by atoms with Crippen molar-refractivity contribution in [3.63, 3.8) is 0 Å². The third-order valence-electron chi connectivity index (χ3n) is 4.73. The minimum Gasteiger partial charge on any atom is -0.507 e. The first kappa shape index (κ1) is 17.2. The molecule has 0 radical (unpaired) electrons. The van der Waals surface area contributed by atoms with E-state index >= 15 is 0 Å². The first-order chi connectivity index (χ1) is 13.2. The predicted octanol–water partition coefficient (Wildman–Crippen LogP) is 2.53. The van der Waals surface area contributed by atoms with Gasteiger partial charge in [0.25, 0.3) is 0 Å². The van der Waals surface area contributed by atoms with Crippen LogP contribution in [0.5, 0.6) is 5.75 Å². The van der Waals surface area contributed by atoms with Crippen molar-refractivity contribution in [1.82, 2.24) is 14.6 Å². The number of phenols is 1. The normalized spacial score (nSPS) is 11.0. The first-order valence-corrected chi connectivity index (χ1v) is 9.11. The maximum Gasteiger partial charge on any atom is 0.151 e. The number of aryl methyl sites for hydroxylation is 1. The van der Waals surface area contributed by atoms with Crippen LogP contribution >= 0.6 is 0 Å². The molecule has 0 unspecified atom stereocenters. The van der Waals surface area contributed by atoms with Gasteiger partial charge in [0.2, 0.25) is 0 Å². The average molecular weight is 356 g/mol. The molecule has 0 amide bonds. The molecule has 0 aliphatic heterocycles. The van der Waals surface area contributed by atoms with Gasteiger partial charge in [-0.15, -0.1) is 0 Å². The fourth-order valence-electron chi connectivity index (χ4n) is 3.11. The molecule has 27 heavy (non-hydrogen) atoms. The highest BCUT2D eigenvalue weighted by atomic mass is 16.3. The van der Waals surface area contributed by atoms with E-state index in [0.717, 1.165) is 23.3 Å². The predicted molar refractivity (Wildman–Crippen MR) is 111 cm³/mol. The van der Waals surface area contributed by atoms with Crippen LogP contribution in [-0.2, 0) is 13.0 Å². The number of rotatable bonds is 5. The van der Waals surface area contributed by atoms with E-state index < -0.39 is 0 Å². The molecule has 0 atom stereocenters. The Hall–Kier alpha value is -3.28. The summed E-state index contributed by atoms with van der Waals surface area (Å²) in [6.45, 7) is 2.84. The van der Waals surface area contributed by atoms with E-state index in [2.05, 4.69) is 41.6 Å². The van der Waals surface area contributed by atoms with Crippen LogP contribution in [0.2, 0.25) is 0 Å². The summed E-state index contributed by atoms with van der Waals surface area (Å²) in [5.41, 5.74) is 5.71. The summed E-state index contributed by atoms with van der Waals surface area (Å²) in [4.78, 5) is 4.70. The molecule has 0 aliphatic carbocycles. The lowest BCUT2D eigenvalue weighted by Crippen LogP contribution is -2.09. The van der Waals surface area contributed by atoms with Crippen LogP contribution in [0.15, 0.2) is 60.8 Å². The number of aromatic hydroxyl groups is 1. The molecule has 5 nitrogen and oxygen atoms in total. The minimum absolute atomic E-state index is 0.215. The summed E-state index contributed by atoms with van der Waals surface area (Å²) in [5.74, 6) is 1.05. The molecule has 2 aromatic carbocycles. The van der Waals surface area contributed by atoms with Gasteiger partial charge in [0, 0.05) is 24.4 Å². The van der Waals surface area contributed by atoms with Crippen molar-refractivity contribution in [2.75, 3.05) is 5.32 Å². The monoisotopic (exact) mass is 356 g/mol. The highest BCUT2D eigenvalue weighted by Crippen LogP contribution is 2.29. The zero-order valence-electron chi connectivity index (χ0n) is 15.5. The molecular weight excluding hydrogens is 335 g/mol. The topological polar surface area (TPSA) is 62.5 Å². The van der Waals surface area contributed by atoms with Crippen LogP contribution in [0.3, 0.4) is 0 Å². The van der Waals surface area contributed by atoms with E-state index in [-0.39, 0.29) is 5.75 Å². The SMILES string of the molecule is Bc1cnn2c(NCc3ccc(CC)cc3)cc(-c3ccccc3O)nc12. The number of nitrogens with zero attached hydrogens (tertiary/aromatic N) is 3. The molecule has 134 valence electrons. The first-order valence-electron chi connectivity index (χ1n) is 9.11. The molecule has 0 fully saturated rings. The molecule has 4 rings (SSSR count). The lowest BCUT2D eigenvalue weighted by molar-refractivity contribution is 0.477. The van der Waals surface area contributed by atoms with Crippen LogP contribution in [0.4, 0.5) is 5.82 Å². The zero-order valence-corrected chi connectivity index (χ0v) is 15.5. The van der Waals surface area contributed by atoms with E-state index in [0.29, 0.717) is 17.8 Å². The van der Waals surface area contributed by atoms with Gasteiger partial charge in [0.05, 0.1) is 5.69 Å². The molecule has 0 saturated heterocycles. The molecule has 2 heterocycles. The number of nitrogens with one attached hydrogen (secondary N) is 1. The van der Waals surface area contributed by atoms with Crippen LogP contribution < -0.4 is 10.8 Å². The van der Waals surface area contributed by atoms with Gasteiger partial charge in [-0.1, -0.05) is 43.3 Å². The quantitative estimate of drug-likeness (QED) is 0.540. The van der Waals surface area contributed by atoms with Gasteiger partial charge in [-0.2, -0.15) is 9.61 Å². The summed E-state index contributed by atoms with van der Waals surface area (Å²) in [7, 11) is 1.98. The molecular formula is C21H21BN4O. The Kier molecular flexibility index (Phi) is 4.54. The molecule has 0 spiro atoms. The van der Waals surface area contributed by atoms with E-state index in [1.165, 1.54) is 11.1 Å². The highest BCUT2D eigenvalue weighted by Gasteiger charge is 2.12. The molecule has 2 aromatic heterocycles. The van der Waals surface area contributed by atoms with E-state index in [1.54, 1.807) is 22.8 Å². The van der Waals surface area contributed by atoms with Gasteiger partial charge >= 0.3 is 0 Å². The number of benzene rings is 2. The van der Waals surface area contributed by atoms with Crippen LogP contribution in [-0.4, -0.2) is 27.6 Å². The molecule has 2 N–H and O–H groups in total. The Labute approximate surface area is 159 Å². The van der Waals surface area contributed by atoms with E-state index in [9.17, 15) is 5.11 Å². The molecule has 0 bridgehead atoms. The van der Waals surface area contributed by atoms with Crippen molar-refractivity contribution in [2.24, 2.45) is 0 Å². The van der Waals surface area contributed by atoms with Gasteiger partial charge in [-0.25, -0.2) is 4.98 Å². The molecule has 0 saturated carbocycles. The lowest BCUT2D eigenvalue weighted by atomic mass is 10.0. The number of hydrogen-bond donors (Lipinski definition) is 2. The number of anilines is 1. The third kappa shape index (κ3) is 3.38. The number of para-hydroxylation sites is 1. The van der Waals surface area contributed by atoms with Crippen LogP contribution in [0, 0.1) is 0 Å². The van der Waals surface area contributed by atoms with Gasteiger partial charge in [-0.3, -0.25) is 0 Å². The van der Waals surface area contributed by atoms with Crippen molar-refractivity contribution in [3.8, 4) is 17.0 Å². The maximum absolute atomic E-state index is 10.2. The van der Waals surface area contributed by atoms with Gasteiger partial charge < -0.3 is 10.4 Å². The Morgan fingerprint density at radius 2 is 1.81 bits per heavy atom. The summed E-state index contributed by atoms with van der Waals surface area (Å²) in [6.07, 6.45) is 2.84. The van der Waals surface area contributed by atoms with E-state index in [1.807, 2.05) is 26.0 Å². The molecule has 4 aromatic rings. The van der Waals surface area contributed by atoms with Crippen molar-refractivity contribution in [3.05, 3.63) is 71.9 Å². The van der Waals surface area contributed by atoms with Gasteiger partial charge in [0.15, 0.2) is 5.65 Å². The van der Waals surface area contributed by atoms with E-state index in [4.69, 9.17) is 4.98 Å². The summed E-state index contributed by atoms with van der Waals surface area (Å²) < 4.78 is 1.80. The second-order valence-corrected chi connectivity index (χ2v) is 6.63. The minimum atomic E-state index is 0.215. The van der Waals surface area contributed by atoms with Crippen molar-refractivity contribution < 1.29 is 5.11 Å². The van der Waals surface area contributed by atoms with Gasteiger partial charge in [-0.05, 0) is 35.1 Å². The van der Waals surface area contributed by atoms with Crippen LogP contribution in [0.25, 0.3) is 16.9 Å². The van der Waals surface area contributed by atoms with Crippen LogP contribution in [0.1, 0.15) is 18.1 Å². The lowest BCUT2D eigenvalue weighted by Gasteiger charge is -2.12. The Morgan fingerprint density at radius 3 is 2.56 bits per heavy atom. The summed E-state index contributed by atoms with van der Waals surface area (Å²) >= 11 is 0. The standard InChI is InChI=1S/C21H21BN4O/c1-2-14-7-9-15(10-8-14)12-23-20-11-18(16-5-3-4-6-19(16)27)25-21-17(22)13-24-26(20)21/h3-11,13,23,27H,2,12,22H2,1H3. The third-order valence-corrected chi connectivity index (χ3v) is 4.73. The summed E-state index contributed by atoms with van der Waals surface area (Å²) in [6, 6.07) is 17.8. The average Bonchev–Trinajstić information content (AvgIpc) is 3.08.